The lowest BCUT2D eigenvalue weighted by molar-refractivity contribution is -0.134. The first-order chi connectivity index (χ1) is 13.1. The molecule has 0 N–H and O–H groups in total. The predicted octanol–water partition coefficient (Wildman–Crippen LogP) is 1.27. The van der Waals surface area contributed by atoms with Gasteiger partial charge in [0.2, 0.25) is 12.7 Å². The molecule has 0 aliphatic carbocycles. The van der Waals surface area contributed by atoms with Crippen LogP contribution in [0.15, 0.2) is 30.5 Å². The number of hydrogen-bond acceptors (Lipinski definition) is 6. The summed E-state index contributed by atoms with van der Waals surface area (Å²) in [5, 5.41) is 4.44. The lowest BCUT2D eigenvalue weighted by Gasteiger charge is -2.33. The van der Waals surface area contributed by atoms with Crippen LogP contribution in [0.4, 0.5) is 0 Å². The van der Waals surface area contributed by atoms with Gasteiger partial charge in [-0.3, -0.25) is 14.4 Å². The van der Waals surface area contributed by atoms with E-state index in [1.807, 2.05) is 29.1 Å². The topological polar surface area (TPSA) is 69.1 Å². The number of benzene rings is 1. The maximum absolute atomic E-state index is 11.7. The van der Waals surface area contributed by atoms with E-state index in [4.69, 9.17) is 14.2 Å². The van der Waals surface area contributed by atoms with E-state index in [1.165, 1.54) is 10.5 Å². The molecule has 1 aromatic carbocycles. The van der Waals surface area contributed by atoms with Gasteiger partial charge >= 0.3 is 0 Å². The van der Waals surface area contributed by atoms with E-state index < -0.39 is 0 Å². The van der Waals surface area contributed by atoms with E-state index in [1.54, 1.807) is 14.1 Å². The van der Waals surface area contributed by atoms with Crippen LogP contribution in [0, 0.1) is 0 Å². The zero-order chi connectivity index (χ0) is 18.8. The van der Waals surface area contributed by atoms with Crippen molar-refractivity contribution in [3.63, 3.8) is 0 Å². The van der Waals surface area contributed by atoms with Crippen molar-refractivity contribution in [1.82, 2.24) is 19.6 Å². The van der Waals surface area contributed by atoms with E-state index in [2.05, 4.69) is 16.1 Å². The van der Waals surface area contributed by atoms with Crippen LogP contribution in [0.2, 0.25) is 0 Å². The molecule has 0 saturated heterocycles. The van der Waals surface area contributed by atoms with Crippen molar-refractivity contribution in [2.45, 2.75) is 19.1 Å². The Balaban J connectivity index is 1.41. The fourth-order valence-electron chi connectivity index (χ4n) is 3.42. The smallest absolute Gasteiger partial charge is 0.248 e. The highest BCUT2D eigenvalue weighted by Crippen LogP contribution is 2.33. The van der Waals surface area contributed by atoms with E-state index in [0.29, 0.717) is 6.61 Å². The number of ether oxygens (including phenoxy) is 3. The van der Waals surface area contributed by atoms with Crippen molar-refractivity contribution >= 4 is 5.91 Å². The number of rotatable bonds is 6. The first-order valence-corrected chi connectivity index (χ1v) is 9.01. The molecule has 0 radical (unpaired) electrons. The summed E-state index contributed by atoms with van der Waals surface area (Å²) in [5.74, 6) is 1.56. The van der Waals surface area contributed by atoms with Crippen molar-refractivity contribution in [3.8, 4) is 11.5 Å². The molecule has 0 saturated carbocycles. The molecule has 0 unspecified atom stereocenters. The number of likely N-dealkylation sites (N-methyl/N-ethyl adjacent to an activating group) is 1. The molecular weight excluding hydrogens is 348 g/mol. The molecule has 8 nitrogen and oxygen atoms in total. The highest BCUT2D eigenvalue weighted by atomic mass is 16.7. The van der Waals surface area contributed by atoms with Crippen LogP contribution in [0.5, 0.6) is 11.5 Å². The zero-order valence-electron chi connectivity index (χ0n) is 15.6. The predicted molar refractivity (Wildman–Crippen MR) is 97.5 cm³/mol. The van der Waals surface area contributed by atoms with Gasteiger partial charge in [-0.05, 0) is 23.8 Å². The Labute approximate surface area is 158 Å². The van der Waals surface area contributed by atoms with E-state index in [0.717, 1.165) is 36.8 Å². The molecule has 27 heavy (non-hydrogen) atoms. The molecule has 4 rings (SSSR count). The molecule has 1 aromatic heterocycles. The van der Waals surface area contributed by atoms with Crippen LogP contribution >= 0.6 is 0 Å². The molecule has 2 aliphatic heterocycles. The van der Waals surface area contributed by atoms with Crippen LogP contribution in [0.1, 0.15) is 17.3 Å². The first kappa shape index (κ1) is 17.8. The molecule has 1 amide bonds. The fourth-order valence-corrected chi connectivity index (χ4v) is 3.42. The van der Waals surface area contributed by atoms with Gasteiger partial charge in [-0.2, -0.15) is 5.10 Å². The van der Waals surface area contributed by atoms with Crippen LogP contribution in [0.3, 0.4) is 0 Å². The van der Waals surface area contributed by atoms with E-state index in [9.17, 15) is 4.79 Å². The van der Waals surface area contributed by atoms with Gasteiger partial charge in [-0.25, -0.2) is 0 Å². The Morgan fingerprint density at radius 1 is 1.30 bits per heavy atom. The summed E-state index contributed by atoms with van der Waals surface area (Å²) in [6, 6.07) is 8.17. The second kappa shape index (κ2) is 7.58. The minimum absolute atomic E-state index is 0.0382. The van der Waals surface area contributed by atoms with Gasteiger partial charge in [0, 0.05) is 39.9 Å². The Morgan fingerprint density at radius 3 is 3.00 bits per heavy atom. The van der Waals surface area contributed by atoms with Crippen LogP contribution < -0.4 is 9.47 Å². The maximum Gasteiger partial charge on any atom is 0.248 e. The lowest BCUT2D eigenvalue weighted by atomic mass is 10.1. The van der Waals surface area contributed by atoms with Gasteiger partial charge in [0.15, 0.2) is 11.5 Å². The average Bonchev–Trinajstić information content (AvgIpc) is 3.29. The molecule has 0 bridgehead atoms. The highest BCUT2D eigenvalue weighted by Gasteiger charge is 2.26. The number of nitrogens with zero attached hydrogens (tertiary/aromatic N) is 4. The third-order valence-electron chi connectivity index (χ3n) is 4.83. The van der Waals surface area contributed by atoms with Crippen LogP contribution in [-0.2, 0) is 22.6 Å². The number of hydrogen-bond donors (Lipinski definition) is 0. The summed E-state index contributed by atoms with van der Waals surface area (Å²) in [6.07, 6.45) is 1.82. The molecule has 0 fully saturated rings. The standard InChI is InChI=1S/C19H24N4O4/c1-21(2)19(24)12-25-11-16-10-22(9-15-5-6-20-23(15)16)8-14-3-4-17-18(7-14)27-13-26-17/h3-7,16H,8-13H2,1-2H3/t16-/m1/s1. The molecule has 3 heterocycles. The molecule has 2 aromatic rings. The molecule has 0 spiro atoms. The quantitative estimate of drug-likeness (QED) is 0.761. The SMILES string of the molecule is CN(C)C(=O)COC[C@H]1CN(Cc2ccc3c(c2)OCO3)Cc2ccnn21. The van der Waals surface area contributed by atoms with E-state index in [-0.39, 0.29) is 25.3 Å². The van der Waals surface area contributed by atoms with Gasteiger partial charge < -0.3 is 19.1 Å². The number of carbonyl (C=O) groups is 1. The maximum atomic E-state index is 11.7. The summed E-state index contributed by atoms with van der Waals surface area (Å²) in [4.78, 5) is 15.6. The third-order valence-corrected chi connectivity index (χ3v) is 4.83. The molecule has 144 valence electrons. The van der Waals surface area contributed by atoms with Crippen molar-refractivity contribution < 1.29 is 19.0 Å². The first-order valence-electron chi connectivity index (χ1n) is 9.01. The van der Waals surface area contributed by atoms with Gasteiger partial charge in [0.25, 0.3) is 0 Å². The summed E-state index contributed by atoms with van der Waals surface area (Å²) >= 11 is 0. The molecule has 8 heteroatoms. The van der Waals surface area contributed by atoms with Crippen molar-refractivity contribution in [2.24, 2.45) is 0 Å². The summed E-state index contributed by atoms with van der Waals surface area (Å²) < 4.78 is 18.5. The minimum Gasteiger partial charge on any atom is -0.454 e. The van der Waals surface area contributed by atoms with Crippen LogP contribution in [-0.4, -0.2) is 66.1 Å². The Morgan fingerprint density at radius 2 is 2.15 bits per heavy atom. The zero-order valence-corrected chi connectivity index (χ0v) is 15.6. The summed E-state index contributed by atoms with van der Waals surface area (Å²) in [6.45, 7) is 3.25. The molecule has 1 atom stereocenters. The Kier molecular flexibility index (Phi) is 5.00. The largest absolute Gasteiger partial charge is 0.454 e. The summed E-state index contributed by atoms with van der Waals surface area (Å²) in [5.41, 5.74) is 2.32. The molecule has 2 aliphatic rings. The second-order valence-corrected chi connectivity index (χ2v) is 7.08. The number of aromatic nitrogens is 2. The van der Waals surface area contributed by atoms with Crippen LogP contribution in [0.25, 0.3) is 0 Å². The van der Waals surface area contributed by atoms with Crippen molar-refractivity contribution in [3.05, 3.63) is 41.7 Å². The Bertz CT molecular complexity index is 820. The van der Waals surface area contributed by atoms with Gasteiger partial charge in [-0.15, -0.1) is 0 Å². The minimum atomic E-state index is -0.0382. The second-order valence-electron chi connectivity index (χ2n) is 7.08. The molecular formula is C19H24N4O4. The third kappa shape index (κ3) is 3.91. The van der Waals surface area contributed by atoms with E-state index >= 15 is 0 Å². The van der Waals surface area contributed by atoms with Crippen molar-refractivity contribution in [2.75, 3.05) is 40.6 Å². The number of carbonyl (C=O) groups excluding carboxylic acids is 1. The average molecular weight is 372 g/mol. The van der Waals surface area contributed by atoms with Crippen molar-refractivity contribution in [1.29, 1.82) is 0 Å². The fraction of sp³-hybridized carbons (Fsp3) is 0.474. The monoisotopic (exact) mass is 372 g/mol. The summed E-state index contributed by atoms with van der Waals surface area (Å²) in [7, 11) is 3.45. The van der Waals surface area contributed by atoms with Gasteiger partial charge in [0.1, 0.15) is 6.61 Å². The highest BCUT2D eigenvalue weighted by molar-refractivity contribution is 5.76. The number of amides is 1. The van der Waals surface area contributed by atoms with Gasteiger partial charge in [0.05, 0.1) is 18.3 Å². The number of fused-ring (bicyclic) bond motifs is 2. The van der Waals surface area contributed by atoms with Gasteiger partial charge in [-0.1, -0.05) is 6.07 Å². The Hall–Kier alpha value is -2.58. The lowest BCUT2D eigenvalue weighted by Crippen LogP contribution is -2.39. The normalized spacial score (nSPS) is 18.4.